The van der Waals surface area contributed by atoms with Crippen LogP contribution in [0.15, 0.2) is 158 Å². The van der Waals surface area contributed by atoms with Crippen molar-refractivity contribution in [2.45, 2.75) is 25.7 Å². The van der Waals surface area contributed by atoms with E-state index in [-0.39, 0.29) is 0 Å². The van der Waals surface area contributed by atoms with E-state index < -0.39 is 0 Å². The summed E-state index contributed by atoms with van der Waals surface area (Å²) in [6.07, 6.45) is 3.76. The highest BCUT2D eigenvalue weighted by Gasteiger charge is 2.29. The molecule has 0 amide bonds. The largest absolute Gasteiger partial charge is 0.497 e. The van der Waals surface area contributed by atoms with Gasteiger partial charge in [0.2, 0.25) is 0 Å². The molecule has 2 heterocycles. The number of pyridine rings is 2. The number of aromatic nitrogens is 2. The van der Waals surface area contributed by atoms with Gasteiger partial charge < -0.3 is 9.47 Å². The van der Waals surface area contributed by atoms with Crippen LogP contribution in [0.1, 0.15) is 22.3 Å². The van der Waals surface area contributed by atoms with Crippen molar-refractivity contribution in [1.82, 2.24) is 9.97 Å². The number of methoxy groups -OCH3 is 2. The molecule has 0 aliphatic heterocycles. The van der Waals surface area contributed by atoms with E-state index in [1.165, 1.54) is 88.7 Å². The highest BCUT2D eigenvalue weighted by molar-refractivity contribution is 6.02. The smallest absolute Gasteiger partial charge is 0.118 e. The molecular weight excluding hydrogens is 709 g/mol. The summed E-state index contributed by atoms with van der Waals surface area (Å²) in [7, 11) is 3.41. The SMILES string of the molecule is COc1ccc(-c2ccc(-c3c4c(nc5ccccc35)-c3cc5c(cc3CC4)-c3nc4ccccc4c(-c4ccc(-c6ccc(OC)cc6)cc4)c3CC5)cc2)cc1. The monoisotopic (exact) mass is 748 g/mol. The van der Waals surface area contributed by atoms with E-state index in [1.54, 1.807) is 14.2 Å². The van der Waals surface area contributed by atoms with Gasteiger partial charge in [-0.1, -0.05) is 109 Å². The number of fused-ring (bicyclic) bond motifs is 8. The van der Waals surface area contributed by atoms with Gasteiger partial charge in [0, 0.05) is 21.9 Å². The molecule has 0 atom stereocenters. The molecule has 4 heteroatoms. The molecule has 2 aliphatic carbocycles. The van der Waals surface area contributed by atoms with Crippen molar-refractivity contribution in [3.63, 3.8) is 0 Å². The average Bonchev–Trinajstić information content (AvgIpc) is 3.29. The maximum Gasteiger partial charge on any atom is 0.118 e. The predicted molar refractivity (Wildman–Crippen MR) is 238 cm³/mol. The summed E-state index contributed by atoms with van der Waals surface area (Å²) < 4.78 is 10.8. The number of nitrogens with zero attached hydrogens (tertiary/aromatic N) is 2. The maximum atomic E-state index is 5.42. The fraction of sp³-hybridized carbons (Fsp3) is 0.111. The van der Waals surface area contributed by atoms with E-state index in [4.69, 9.17) is 19.4 Å². The molecule has 0 radical (unpaired) electrons. The number of rotatable bonds is 6. The van der Waals surface area contributed by atoms with Crippen LogP contribution >= 0.6 is 0 Å². The van der Waals surface area contributed by atoms with Crippen LogP contribution < -0.4 is 9.47 Å². The van der Waals surface area contributed by atoms with Crippen LogP contribution in [-0.4, -0.2) is 24.2 Å². The molecule has 278 valence electrons. The average molecular weight is 749 g/mol. The number of aryl methyl sites for hydroxylation is 2. The van der Waals surface area contributed by atoms with Crippen molar-refractivity contribution in [3.8, 4) is 78.5 Å². The molecule has 58 heavy (non-hydrogen) atoms. The Bertz CT molecular complexity index is 2830. The van der Waals surface area contributed by atoms with Gasteiger partial charge in [-0.2, -0.15) is 0 Å². The van der Waals surface area contributed by atoms with E-state index in [2.05, 4.69) is 133 Å². The lowest BCUT2D eigenvalue weighted by atomic mass is 9.78. The van der Waals surface area contributed by atoms with Crippen LogP contribution in [0.4, 0.5) is 0 Å². The summed E-state index contributed by atoms with van der Waals surface area (Å²) in [4.78, 5) is 10.8. The Kier molecular flexibility index (Phi) is 8.18. The quantitative estimate of drug-likeness (QED) is 0.170. The molecule has 2 aromatic heterocycles. The van der Waals surface area contributed by atoms with Crippen LogP contribution in [0, 0.1) is 0 Å². The van der Waals surface area contributed by atoms with Crippen LogP contribution in [0.5, 0.6) is 11.5 Å². The molecule has 0 N–H and O–H groups in total. The highest BCUT2D eigenvalue weighted by atomic mass is 16.5. The van der Waals surface area contributed by atoms with Crippen LogP contribution in [0.25, 0.3) is 88.8 Å². The minimum Gasteiger partial charge on any atom is -0.497 e. The summed E-state index contributed by atoms with van der Waals surface area (Å²) in [5.41, 5.74) is 22.0. The fourth-order valence-corrected chi connectivity index (χ4v) is 9.38. The fourth-order valence-electron chi connectivity index (χ4n) is 9.38. The zero-order valence-electron chi connectivity index (χ0n) is 32.6. The zero-order valence-corrected chi connectivity index (χ0v) is 32.6. The zero-order chi connectivity index (χ0) is 38.7. The van der Waals surface area contributed by atoms with Crippen molar-refractivity contribution in [1.29, 1.82) is 0 Å². The molecular formula is C54H40N2O2. The minimum absolute atomic E-state index is 0.864. The minimum atomic E-state index is 0.864. The van der Waals surface area contributed by atoms with Crippen molar-refractivity contribution < 1.29 is 9.47 Å². The van der Waals surface area contributed by atoms with Gasteiger partial charge in [-0.05, 0) is 141 Å². The second kappa shape index (κ2) is 13.9. The van der Waals surface area contributed by atoms with Gasteiger partial charge in [0.05, 0.1) is 36.6 Å². The topological polar surface area (TPSA) is 44.2 Å². The van der Waals surface area contributed by atoms with Gasteiger partial charge in [0.25, 0.3) is 0 Å². The number of hydrogen-bond acceptors (Lipinski definition) is 4. The Morgan fingerprint density at radius 3 is 1.10 bits per heavy atom. The molecule has 0 bridgehead atoms. The van der Waals surface area contributed by atoms with Gasteiger partial charge in [-0.25, -0.2) is 9.97 Å². The highest BCUT2D eigenvalue weighted by Crippen LogP contribution is 2.47. The normalized spacial score (nSPS) is 12.7. The van der Waals surface area contributed by atoms with Crippen LogP contribution in [0.3, 0.4) is 0 Å². The molecule has 0 saturated heterocycles. The van der Waals surface area contributed by atoms with E-state index in [0.29, 0.717) is 0 Å². The van der Waals surface area contributed by atoms with E-state index in [1.807, 2.05) is 24.3 Å². The third kappa shape index (κ3) is 5.67. The Hall–Kier alpha value is -7.04. The van der Waals surface area contributed by atoms with Gasteiger partial charge >= 0.3 is 0 Å². The molecule has 7 aromatic carbocycles. The van der Waals surface area contributed by atoms with Crippen molar-refractivity contribution >= 4 is 21.8 Å². The third-order valence-electron chi connectivity index (χ3n) is 12.3. The number of para-hydroxylation sites is 2. The second-order valence-corrected chi connectivity index (χ2v) is 15.4. The Labute approximate surface area is 338 Å². The Balaban J connectivity index is 1.01. The van der Waals surface area contributed by atoms with Gasteiger partial charge in [0.1, 0.15) is 11.5 Å². The van der Waals surface area contributed by atoms with Crippen molar-refractivity contribution in [2.75, 3.05) is 14.2 Å². The predicted octanol–water partition coefficient (Wildman–Crippen LogP) is 13.0. The first kappa shape index (κ1) is 34.2. The third-order valence-corrected chi connectivity index (χ3v) is 12.3. The number of benzene rings is 7. The van der Waals surface area contributed by atoms with Gasteiger partial charge in [-0.3, -0.25) is 0 Å². The lowest BCUT2D eigenvalue weighted by Gasteiger charge is -2.28. The van der Waals surface area contributed by atoms with Gasteiger partial charge in [-0.15, -0.1) is 0 Å². The molecule has 11 rings (SSSR count). The molecule has 0 spiro atoms. The molecule has 4 nitrogen and oxygen atoms in total. The first-order valence-corrected chi connectivity index (χ1v) is 20.1. The first-order valence-electron chi connectivity index (χ1n) is 20.1. The number of hydrogen-bond donors (Lipinski definition) is 0. The summed E-state index contributed by atoms with van der Waals surface area (Å²) in [5.74, 6) is 1.73. The second-order valence-electron chi connectivity index (χ2n) is 15.4. The first-order chi connectivity index (χ1) is 28.6. The van der Waals surface area contributed by atoms with E-state index in [0.717, 1.165) is 59.6 Å². The summed E-state index contributed by atoms with van der Waals surface area (Å²) in [6, 6.07) is 56.8. The van der Waals surface area contributed by atoms with Crippen molar-refractivity contribution in [3.05, 3.63) is 180 Å². The molecule has 0 unspecified atom stereocenters. The van der Waals surface area contributed by atoms with E-state index in [9.17, 15) is 0 Å². The Morgan fingerprint density at radius 1 is 0.379 bits per heavy atom. The summed E-state index contributed by atoms with van der Waals surface area (Å²) in [5, 5.41) is 2.41. The molecule has 2 aliphatic rings. The lowest BCUT2D eigenvalue weighted by Crippen LogP contribution is -2.13. The molecule has 0 fully saturated rings. The maximum absolute atomic E-state index is 5.42. The molecule has 9 aromatic rings. The van der Waals surface area contributed by atoms with Crippen LogP contribution in [0.2, 0.25) is 0 Å². The van der Waals surface area contributed by atoms with E-state index >= 15 is 0 Å². The lowest BCUT2D eigenvalue weighted by molar-refractivity contribution is 0.415. The Morgan fingerprint density at radius 2 is 0.724 bits per heavy atom. The summed E-state index contributed by atoms with van der Waals surface area (Å²) >= 11 is 0. The van der Waals surface area contributed by atoms with Gasteiger partial charge in [0.15, 0.2) is 0 Å². The van der Waals surface area contributed by atoms with Crippen LogP contribution in [-0.2, 0) is 25.7 Å². The summed E-state index contributed by atoms with van der Waals surface area (Å²) in [6.45, 7) is 0. The number of ether oxygens (including phenoxy) is 2. The standard InChI is InChI=1S/C54H40N2O2/c1-57-41-25-19-35(20-26-41)33-11-15-37(16-12-33)51-43-7-3-5-9-49(43)55-53-45(51)29-23-39-32-48-40(31-47(39)53)24-30-46-52(44-8-4-6-10-50(44)56-54(46)48)38-17-13-34(14-18-38)36-21-27-42(58-2)28-22-36/h3-22,25-28,31-32H,23-24,29-30H2,1-2H3. The van der Waals surface area contributed by atoms with Crippen molar-refractivity contribution in [2.24, 2.45) is 0 Å². The molecule has 0 saturated carbocycles.